The minimum absolute atomic E-state index is 0.808. The molecule has 0 amide bonds. The van der Waals surface area contributed by atoms with Crippen LogP contribution in [0.25, 0.3) is 11.0 Å². The molecule has 0 unspecified atom stereocenters. The normalized spacial score (nSPS) is 11.5. The first kappa shape index (κ1) is 14.0. The lowest BCUT2D eigenvalue weighted by atomic mass is 10.3. The SMILES string of the molecule is CSCCN(C)c1nc2sccn2c1/C=C/C(=O)O. The molecule has 0 aliphatic heterocycles. The van der Waals surface area contributed by atoms with E-state index in [4.69, 9.17) is 5.11 Å². The Balaban J connectivity index is 2.38. The van der Waals surface area contributed by atoms with Crippen molar-refractivity contribution in [3.05, 3.63) is 23.3 Å². The van der Waals surface area contributed by atoms with Gasteiger partial charge in [-0.25, -0.2) is 9.78 Å². The monoisotopic (exact) mass is 297 g/mol. The lowest BCUT2D eigenvalue weighted by molar-refractivity contribution is -0.131. The van der Waals surface area contributed by atoms with Gasteiger partial charge in [-0.3, -0.25) is 4.40 Å². The molecule has 1 N–H and O–H groups in total. The van der Waals surface area contributed by atoms with Crippen LogP contribution in [-0.2, 0) is 4.79 Å². The minimum Gasteiger partial charge on any atom is -0.478 e. The number of carbonyl (C=O) groups is 1. The minimum atomic E-state index is -0.956. The lowest BCUT2D eigenvalue weighted by Gasteiger charge is -2.16. The second-order valence-corrected chi connectivity index (χ2v) is 5.82. The van der Waals surface area contributed by atoms with Gasteiger partial charge in [0.25, 0.3) is 0 Å². The van der Waals surface area contributed by atoms with E-state index in [9.17, 15) is 4.79 Å². The summed E-state index contributed by atoms with van der Waals surface area (Å²) < 4.78 is 1.91. The summed E-state index contributed by atoms with van der Waals surface area (Å²) in [7, 11) is 1.97. The molecule has 19 heavy (non-hydrogen) atoms. The van der Waals surface area contributed by atoms with E-state index in [1.807, 2.05) is 23.0 Å². The fourth-order valence-corrected chi connectivity index (χ4v) is 2.88. The molecule has 0 bridgehead atoms. The average Bonchev–Trinajstić information content (AvgIpc) is 2.93. The summed E-state index contributed by atoms with van der Waals surface area (Å²) in [6.45, 7) is 0.875. The third-order valence-corrected chi connectivity index (χ3v) is 4.00. The van der Waals surface area contributed by atoms with Crippen LogP contribution in [0.4, 0.5) is 5.82 Å². The van der Waals surface area contributed by atoms with E-state index in [2.05, 4.69) is 16.1 Å². The van der Waals surface area contributed by atoms with Crippen LogP contribution in [-0.4, -0.2) is 46.1 Å². The van der Waals surface area contributed by atoms with Gasteiger partial charge in [0.15, 0.2) is 10.8 Å². The highest BCUT2D eigenvalue weighted by Gasteiger charge is 2.14. The van der Waals surface area contributed by atoms with Crippen molar-refractivity contribution in [2.75, 3.05) is 30.5 Å². The van der Waals surface area contributed by atoms with Crippen LogP contribution in [0.2, 0.25) is 0 Å². The molecule has 0 fully saturated rings. The van der Waals surface area contributed by atoms with Crippen molar-refractivity contribution in [1.29, 1.82) is 0 Å². The van der Waals surface area contributed by atoms with Gasteiger partial charge in [-0.15, -0.1) is 11.3 Å². The van der Waals surface area contributed by atoms with Crippen molar-refractivity contribution in [3.63, 3.8) is 0 Å². The van der Waals surface area contributed by atoms with Crippen molar-refractivity contribution in [2.24, 2.45) is 0 Å². The maximum absolute atomic E-state index is 10.7. The molecule has 0 atom stereocenters. The number of carboxylic acids is 1. The molecular weight excluding hydrogens is 282 g/mol. The third-order valence-electron chi connectivity index (χ3n) is 2.66. The number of aromatic nitrogens is 2. The quantitative estimate of drug-likeness (QED) is 0.829. The van der Waals surface area contributed by atoms with Crippen LogP contribution in [0.15, 0.2) is 17.7 Å². The first-order valence-corrected chi connectivity index (χ1v) is 7.97. The molecule has 0 saturated heterocycles. The van der Waals surface area contributed by atoms with E-state index in [1.54, 1.807) is 17.8 Å². The van der Waals surface area contributed by atoms with Crippen molar-refractivity contribution in [1.82, 2.24) is 9.38 Å². The number of nitrogens with zero attached hydrogens (tertiary/aromatic N) is 3. The lowest BCUT2D eigenvalue weighted by Crippen LogP contribution is -2.21. The predicted octanol–water partition coefficient (Wildman–Crippen LogP) is 2.29. The zero-order chi connectivity index (χ0) is 13.8. The molecule has 0 radical (unpaired) electrons. The highest BCUT2D eigenvalue weighted by Crippen LogP contribution is 2.25. The van der Waals surface area contributed by atoms with E-state index in [-0.39, 0.29) is 0 Å². The Labute approximate surface area is 119 Å². The smallest absolute Gasteiger partial charge is 0.328 e. The van der Waals surface area contributed by atoms with Crippen molar-refractivity contribution in [3.8, 4) is 0 Å². The number of thiazole rings is 1. The number of hydrogen-bond donors (Lipinski definition) is 1. The van der Waals surface area contributed by atoms with Gasteiger partial charge in [0.1, 0.15) is 0 Å². The van der Waals surface area contributed by atoms with Gasteiger partial charge in [0, 0.05) is 37.0 Å². The summed E-state index contributed by atoms with van der Waals surface area (Å²) in [6.07, 6.45) is 6.71. The molecule has 0 aliphatic carbocycles. The standard InChI is InChI=1S/C12H15N3O2S2/c1-14(5-7-18-2)11-9(3-4-10(16)17)15-6-8-19-12(15)13-11/h3-4,6,8H,5,7H2,1-2H3,(H,16,17)/b4-3+. The summed E-state index contributed by atoms with van der Waals surface area (Å²) in [6, 6.07) is 0. The molecule has 2 aromatic rings. The summed E-state index contributed by atoms with van der Waals surface area (Å²) in [5, 5.41) is 10.7. The molecule has 7 heteroatoms. The van der Waals surface area contributed by atoms with E-state index in [0.29, 0.717) is 0 Å². The predicted molar refractivity (Wildman–Crippen MR) is 81.4 cm³/mol. The van der Waals surface area contributed by atoms with Gasteiger partial charge < -0.3 is 10.0 Å². The zero-order valence-electron chi connectivity index (χ0n) is 10.7. The largest absolute Gasteiger partial charge is 0.478 e. The fourth-order valence-electron chi connectivity index (χ4n) is 1.71. The Morgan fingerprint density at radius 2 is 2.47 bits per heavy atom. The highest BCUT2D eigenvalue weighted by molar-refractivity contribution is 7.98. The summed E-state index contributed by atoms with van der Waals surface area (Å²) >= 11 is 3.31. The maximum atomic E-state index is 10.7. The van der Waals surface area contributed by atoms with E-state index in [0.717, 1.165) is 34.8 Å². The van der Waals surface area contributed by atoms with Gasteiger partial charge in [0.05, 0.1) is 5.69 Å². The number of fused-ring (bicyclic) bond motifs is 1. The van der Waals surface area contributed by atoms with Gasteiger partial charge in [-0.2, -0.15) is 11.8 Å². The zero-order valence-corrected chi connectivity index (χ0v) is 12.4. The van der Waals surface area contributed by atoms with Crippen LogP contribution in [0, 0.1) is 0 Å². The summed E-state index contributed by atoms with van der Waals surface area (Å²) in [5.74, 6) is 0.866. The topological polar surface area (TPSA) is 57.8 Å². The van der Waals surface area contributed by atoms with Gasteiger partial charge in [0.2, 0.25) is 0 Å². The highest BCUT2D eigenvalue weighted by atomic mass is 32.2. The van der Waals surface area contributed by atoms with E-state index < -0.39 is 5.97 Å². The molecule has 0 aliphatic rings. The second kappa shape index (κ2) is 6.12. The van der Waals surface area contributed by atoms with Gasteiger partial charge >= 0.3 is 5.97 Å². The molecular formula is C12H15N3O2S2. The molecule has 102 valence electrons. The molecule has 0 spiro atoms. The number of anilines is 1. The second-order valence-electron chi connectivity index (χ2n) is 3.96. The summed E-state index contributed by atoms with van der Waals surface area (Å²) in [5.41, 5.74) is 0.808. The Hall–Kier alpha value is -1.47. The first-order valence-electron chi connectivity index (χ1n) is 5.70. The van der Waals surface area contributed by atoms with E-state index in [1.165, 1.54) is 11.3 Å². The summed E-state index contributed by atoms with van der Waals surface area (Å²) in [4.78, 5) is 18.2. The molecule has 2 rings (SSSR count). The van der Waals surface area contributed by atoms with Crippen molar-refractivity contribution < 1.29 is 9.90 Å². The van der Waals surface area contributed by atoms with Crippen LogP contribution < -0.4 is 4.90 Å². The number of carboxylic acid groups (broad SMARTS) is 1. The Kier molecular flexibility index (Phi) is 4.49. The molecule has 5 nitrogen and oxygen atoms in total. The number of hydrogen-bond acceptors (Lipinski definition) is 5. The van der Waals surface area contributed by atoms with Crippen LogP contribution in [0.3, 0.4) is 0 Å². The molecule has 0 saturated carbocycles. The number of thioether (sulfide) groups is 1. The van der Waals surface area contributed by atoms with Crippen molar-refractivity contribution in [2.45, 2.75) is 0 Å². The van der Waals surface area contributed by atoms with Gasteiger partial charge in [-0.1, -0.05) is 0 Å². The third kappa shape index (κ3) is 3.10. The molecule has 0 aromatic carbocycles. The van der Waals surface area contributed by atoms with Crippen LogP contribution >= 0.6 is 23.1 Å². The number of aliphatic carboxylic acids is 1. The van der Waals surface area contributed by atoms with Crippen LogP contribution in [0.5, 0.6) is 0 Å². The van der Waals surface area contributed by atoms with Crippen LogP contribution in [0.1, 0.15) is 5.69 Å². The average molecular weight is 297 g/mol. The van der Waals surface area contributed by atoms with E-state index >= 15 is 0 Å². The first-order chi connectivity index (χ1) is 9.13. The Morgan fingerprint density at radius 1 is 1.68 bits per heavy atom. The Bertz CT molecular complexity index is 603. The number of imidazole rings is 1. The van der Waals surface area contributed by atoms with Crippen molar-refractivity contribution >= 4 is 45.9 Å². The molecule has 2 heterocycles. The van der Waals surface area contributed by atoms with Gasteiger partial charge in [-0.05, 0) is 12.3 Å². The fraction of sp³-hybridized carbons (Fsp3) is 0.333. The Morgan fingerprint density at radius 3 is 3.16 bits per heavy atom. The number of rotatable bonds is 6. The molecule has 2 aromatic heterocycles. The maximum Gasteiger partial charge on any atom is 0.328 e.